The third-order valence-corrected chi connectivity index (χ3v) is 3.38. The molecule has 1 aliphatic rings. The average molecular weight is 269 g/mol. The number of carbonyl (C=O) groups excluding carboxylic acids is 1. The maximum atomic E-state index is 11.7. The van der Waals surface area contributed by atoms with Crippen molar-refractivity contribution in [1.29, 1.82) is 0 Å². The summed E-state index contributed by atoms with van der Waals surface area (Å²) in [7, 11) is 0. The Kier molecular flexibility index (Phi) is 2.69. The van der Waals surface area contributed by atoms with Gasteiger partial charge in [-0.3, -0.25) is 4.79 Å². The largest absolute Gasteiger partial charge is 0.398 e. The predicted octanol–water partition coefficient (Wildman–Crippen LogP) is 2.87. The van der Waals surface area contributed by atoms with Crippen LogP contribution in [-0.2, 0) is 4.79 Å². The minimum absolute atomic E-state index is 0.0121. The molecule has 4 heteroatoms. The average Bonchev–Trinajstić information content (AvgIpc) is 2.46. The molecule has 0 spiro atoms. The Morgan fingerprint density at radius 1 is 1.53 bits per heavy atom. The number of halogens is 1. The van der Waals surface area contributed by atoms with Crippen LogP contribution in [0.1, 0.15) is 31.2 Å². The van der Waals surface area contributed by atoms with Crippen molar-refractivity contribution < 1.29 is 4.79 Å². The van der Waals surface area contributed by atoms with E-state index in [0.717, 1.165) is 28.6 Å². The summed E-state index contributed by atoms with van der Waals surface area (Å²) in [5.41, 5.74) is 8.34. The molecule has 3 nitrogen and oxygen atoms in total. The van der Waals surface area contributed by atoms with E-state index in [4.69, 9.17) is 5.73 Å². The molecule has 1 atom stereocenters. The number of carbonyl (C=O) groups is 1. The number of anilines is 2. The van der Waals surface area contributed by atoms with Gasteiger partial charge in [0.2, 0.25) is 5.91 Å². The minimum atomic E-state index is -0.0121. The number of hydrogen-bond donors (Lipinski definition) is 2. The van der Waals surface area contributed by atoms with Gasteiger partial charge in [-0.1, -0.05) is 13.3 Å². The Morgan fingerprint density at radius 2 is 2.27 bits per heavy atom. The summed E-state index contributed by atoms with van der Waals surface area (Å²) >= 11 is 3.38. The zero-order valence-electron chi connectivity index (χ0n) is 8.51. The normalized spacial score (nSPS) is 18.8. The van der Waals surface area contributed by atoms with Crippen LogP contribution in [0.3, 0.4) is 0 Å². The zero-order valence-corrected chi connectivity index (χ0v) is 10.1. The van der Waals surface area contributed by atoms with Crippen molar-refractivity contribution in [3.63, 3.8) is 0 Å². The topological polar surface area (TPSA) is 55.1 Å². The van der Waals surface area contributed by atoms with E-state index in [1.165, 1.54) is 0 Å². The van der Waals surface area contributed by atoms with Crippen molar-refractivity contribution in [2.45, 2.75) is 25.7 Å². The van der Waals surface area contributed by atoms with Crippen molar-refractivity contribution in [2.24, 2.45) is 0 Å². The highest BCUT2D eigenvalue weighted by atomic mass is 79.9. The lowest BCUT2D eigenvalue weighted by molar-refractivity contribution is -0.117. The molecular formula is C11H13BrN2O. The first kappa shape index (κ1) is 10.5. The summed E-state index contributed by atoms with van der Waals surface area (Å²) in [6, 6.07) is 3.76. The van der Waals surface area contributed by atoms with Gasteiger partial charge in [0, 0.05) is 15.8 Å². The molecule has 2 rings (SSSR count). The lowest BCUT2D eigenvalue weighted by atomic mass is 9.96. The Hall–Kier alpha value is -1.03. The Labute approximate surface area is 97.2 Å². The first-order valence-corrected chi connectivity index (χ1v) is 5.82. The number of amides is 1. The lowest BCUT2D eigenvalue weighted by Crippen LogP contribution is -2.11. The Bertz CT molecular complexity index is 417. The van der Waals surface area contributed by atoms with E-state index in [1.54, 1.807) is 0 Å². The van der Waals surface area contributed by atoms with E-state index in [-0.39, 0.29) is 11.8 Å². The molecule has 0 fully saturated rings. The quantitative estimate of drug-likeness (QED) is 0.811. The highest BCUT2D eigenvalue weighted by Gasteiger charge is 2.30. The summed E-state index contributed by atoms with van der Waals surface area (Å²) in [6.07, 6.45) is 1.88. The standard InChI is InChI=1S/C11H13BrN2O/c1-2-3-6-7-4-8(12)9(13)5-10(7)14-11(6)15/h4-6H,2-3,13H2,1H3,(H,14,15). The molecule has 0 aliphatic carbocycles. The number of nitrogens with one attached hydrogen (secondary N) is 1. The SMILES string of the molecule is CCCC1C(=O)Nc2cc(N)c(Br)cc21. The van der Waals surface area contributed by atoms with Crippen LogP contribution in [0.2, 0.25) is 0 Å². The van der Waals surface area contributed by atoms with Crippen LogP contribution in [0.25, 0.3) is 0 Å². The fourth-order valence-electron chi connectivity index (χ4n) is 1.94. The maximum Gasteiger partial charge on any atom is 0.232 e. The van der Waals surface area contributed by atoms with Crippen LogP contribution in [0.5, 0.6) is 0 Å². The van der Waals surface area contributed by atoms with Gasteiger partial charge in [-0.05, 0) is 40.0 Å². The van der Waals surface area contributed by atoms with Crippen LogP contribution in [0.4, 0.5) is 11.4 Å². The van der Waals surface area contributed by atoms with Crippen molar-refractivity contribution in [3.8, 4) is 0 Å². The molecule has 1 aliphatic heterocycles. The van der Waals surface area contributed by atoms with Crippen LogP contribution in [0.15, 0.2) is 16.6 Å². The van der Waals surface area contributed by atoms with Gasteiger partial charge in [0.25, 0.3) is 0 Å². The Balaban J connectivity index is 2.44. The van der Waals surface area contributed by atoms with Gasteiger partial charge >= 0.3 is 0 Å². The van der Waals surface area contributed by atoms with Gasteiger partial charge in [0.05, 0.1) is 5.92 Å². The van der Waals surface area contributed by atoms with Gasteiger partial charge < -0.3 is 11.1 Å². The molecule has 1 unspecified atom stereocenters. The second-order valence-electron chi connectivity index (χ2n) is 3.79. The molecule has 15 heavy (non-hydrogen) atoms. The molecule has 0 radical (unpaired) electrons. The molecule has 0 saturated carbocycles. The summed E-state index contributed by atoms with van der Waals surface area (Å²) in [6.45, 7) is 2.08. The highest BCUT2D eigenvalue weighted by Crippen LogP contribution is 2.39. The number of rotatable bonds is 2. The summed E-state index contributed by atoms with van der Waals surface area (Å²) in [5, 5.41) is 2.86. The monoisotopic (exact) mass is 268 g/mol. The summed E-state index contributed by atoms with van der Waals surface area (Å²) in [5.74, 6) is 0.0752. The third kappa shape index (κ3) is 1.74. The van der Waals surface area contributed by atoms with E-state index >= 15 is 0 Å². The number of hydrogen-bond acceptors (Lipinski definition) is 2. The first-order valence-electron chi connectivity index (χ1n) is 5.03. The van der Waals surface area contributed by atoms with E-state index in [9.17, 15) is 4.79 Å². The minimum Gasteiger partial charge on any atom is -0.398 e. The smallest absolute Gasteiger partial charge is 0.232 e. The fourth-order valence-corrected chi connectivity index (χ4v) is 2.30. The van der Waals surface area contributed by atoms with Gasteiger partial charge in [0.15, 0.2) is 0 Å². The second-order valence-corrected chi connectivity index (χ2v) is 4.65. The Morgan fingerprint density at radius 3 is 2.93 bits per heavy atom. The van der Waals surface area contributed by atoms with Crippen molar-refractivity contribution in [3.05, 3.63) is 22.2 Å². The van der Waals surface area contributed by atoms with E-state index in [2.05, 4.69) is 28.2 Å². The van der Waals surface area contributed by atoms with E-state index in [0.29, 0.717) is 5.69 Å². The molecule has 1 amide bonds. The molecule has 0 saturated heterocycles. The number of benzene rings is 1. The predicted molar refractivity (Wildman–Crippen MR) is 64.8 cm³/mol. The van der Waals surface area contributed by atoms with Crippen LogP contribution >= 0.6 is 15.9 Å². The molecule has 80 valence electrons. The maximum absolute atomic E-state index is 11.7. The third-order valence-electron chi connectivity index (χ3n) is 2.70. The molecule has 3 N–H and O–H groups in total. The molecule has 1 aromatic rings. The lowest BCUT2D eigenvalue weighted by Gasteiger charge is -2.07. The number of nitrogens with two attached hydrogens (primary N) is 1. The van der Waals surface area contributed by atoms with Crippen LogP contribution in [0, 0.1) is 0 Å². The molecule has 1 aromatic carbocycles. The molecule has 0 bridgehead atoms. The first-order chi connectivity index (χ1) is 7.13. The van der Waals surface area contributed by atoms with Gasteiger partial charge in [-0.15, -0.1) is 0 Å². The van der Waals surface area contributed by atoms with Gasteiger partial charge in [-0.2, -0.15) is 0 Å². The van der Waals surface area contributed by atoms with Gasteiger partial charge in [0.1, 0.15) is 0 Å². The highest BCUT2D eigenvalue weighted by molar-refractivity contribution is 9.10. The van der Waals surface area contributed by atoms with Gasteiger partial charge in [-0.25, -0.2) is 0 Å². The van der Waals surface area contributed by atoms with Crippen LogP contribution < -0.4 is 11.1 Å². The van der Waals surface area contributed by atoms with Crippen molar-refractivity contribution in [2.75, 3.05) is 11.1 Å². The van der Waals surface area contributed by atoms with Crippen molar-refractivity contribution >= 4 is 33.2 Å². The zero-order chi connectivity index (χ0) is 11.0. The number of fused-ring (bicyclic) bond motifs is 1. The van der Waals surface area contributed by atoms with E-state index in [1.807, 2.05) is 12.1 Å². The fraction of sp³-hybridized carbons (Fsp3) is 0.364. The molecular weight excluding hydrogens is 256 g/mol. The van der Waals surface area contributed by atoms with E-state index < -0.39 is 0 Å². The molecule has 0 aromatic heterocycles. The van der Waals surface area contributed by atoms with Crippen molar-refractivity contribution in [1.82, 2.24) is 0 Å². The van der Waals surface area contributed by atoms with Crippen LogP contribution in [-0.4, -0.2) is 5.91 Å². The summed E-state index contributed by atoms with van der Waals surface area (Å²) < 4.78 is 0.860. The summed E-state index contributed by atoms with van der Waals surface area (Å²) in [4.78, 5) is 11.7. The second kappa shape index (κ2) is 3.85. The molecule has 1 heterocycles. The number of nitrogen functional groups attached to an aromatic ring is 1.